The molecule has 0 aliphatic heterocycles. The van der Waals surface area contributed by atoms with E-state index < -0.39 is 22.5 Å². The summed E-state index contributed by atoms with van der Waals surface area (Å²) in [5.41, 5.74) is -1.62. The van der Waals surface area contributed by atoms with E-state index in [-0.39, 0.29) is 5.56 Å². The number of thiol groups is 1. The predicted octanol–water partition coefficient (Wildman–Crippen LogP) is 3.00. The van der Waals surface area contributed by atoms with Gasteiger partial charge >= 0.3 is 6.18 Å². The van der Waals surface area contributed by atoms with Gasteiger partial charge in [0.05, 0.1) is 22.1 Å². The van der Waals surface area contributed by atoms with Crippen molar-refractivity contribution in [2.45, 2.75) is 11.1 Å². The Morgan fingerprint density at radius 3 is 2.29 bits per heavy atom. The van der Waals surface area contributed by atoms with Gasteiger partial charge in [0.15, 0.2) is 0 Å². The van der Waals surface area contributed by atoms with E-state index in [2.05, 4.69) is 12.6 Å². The monoisotopic (exact) mass is 221 g/mol. The van der Waals surface area contributed by atoms with Crippen molar-refractivity contribution in [3.63, 3.8) is 0 Å². The Balaban J connectivity index is 3.44. The van der Waals surface area contributed by atoms with E-state index in [0.29, 0.717) is 12.1 Å². The van der Waals surface area contributed by atoms with Crippen LogP contribution in [0.2, 0.25) is 0 Å². The van der Waals surface area contributed by atoms with Crippen molar-refractivity contribution >= 4 is 12.6 Å². The molecule has 1 aromatic rings. The molecule has 1 aromatic carbocycles. The maximum atomic E-state index is 12.8. The van der Waals surface area contributed by atoms with Crippen LogP contribution >= 0.6 is 12.6 Å². The number of benzene rings is 1. The van der Waals surface area contributed by atoms with E-state index >= 15 is 0 Å². The molecule has 14 heavy (non-hydrogen) atoms. The Morgan fingerprint density at radius 1 is 1.29 bits per heavy atom. The first-order chi connectivity index (χ1) is 6.36. The highest BCUT2D eigenvalue weighted by molar-refractivity contribution is 7.80. The molecule has 0 aliphatic carbocycles. The number of hydrogen-bond acceptors (Lipinski definition) is 2. The summed E-state index contributed by atoms with van der Waals surface area (Å²) in [5.74, 6) is -1.15. The summed E-state index contributed by atoms with van der Waals surface area (Å²) in [6.45, 7) is 0. The highest BCUT2D eigenvalue weighted by atomic mass is 32.1. The summed E-state index contributed by atoms with van der Waals surface area (Å²) >= 11 is 3.39. The molecule has 0 N–H and O–H groups in total. The largest absolute Gasteiger partial charge is 0.417 e. The molecule has 0 aromatic heterocycles. The Bertz CT molecular complexity index is 405. The van der Waals surface area contributed by atoms with Crippen LogP contribution in [0.4, 0.5) is 17.6 Å². The molecule has 0 saturated carbocycles. The van der Waals surface area contributed by atoms with Crippen LogP contribution in [0.3, 0.4) is 0 Å². The predicted molar refractivity (Wildman–Crippen MR) is 43.4 cm³/mol. The fourth-order valence-electron chi connectivity index (χ4n) is 0.880. The van der Waals surface area contributed by atoms with Gasteiger partial charge in [0.25, 0.3) is 0 Å². The van der Waals surface area contributed by atoms with Gasteiger partial charge in [-0.1, -0.05) is 0 Å². The van der Waals surface area contributed by atoms with Crippen LogP contribution in [0.5, 0.6) is 0 Å². The fourth-order valence-corrected chi connectivity index (χ4v) is 1.14. The van der Waals surface area contributed by atoms with Crippen molar-refractivity contribution in [3.8, 4) is 6.07 Å². The van der Waals surface area contributed by atoms with Crippen molar-refractivity contribution in [2.75, 3.05) is 0 Å². The summed E-state index contributed by atoms with van der Waals surface area (Å²) in [4.78, 5) is -0.795. The maximum Gasteiger partial charge on any atom is 0.417 e. The molecule has 1 rings (SSSR count). The van der Waals surface area contributed by atoms with Gasteiger partial charge in [-0.2, -0.15) is 18.4 Å². The van der Waals surface area contributed by atoms with Crippen LogP contribution in [0, 0.1) is 17.1 Å². The van der Waals surface area contributed by atoms with Crippen molar-refractivity contribution in [1.29, 1.82) is 5.26 Å². The van der Waals surface area contributed by atoms with E-state index in [9.17, 15) is 17.6 Å². The lowest BCUT2D eigenvalue weighted by atomic mass is 10.1. The third kappa shape index (κ3) is 1.99. The average Bonchev–Trinajstić information content (AvgIpc) is 2.07. The average molecular weight is 221 g/mol. The Kier molecular flexibility index (Phi) is 2.71. The van der Waals surface area contributed by atoms with Crippen LogP contribution in [0.25, 0.3) is 0 Å². The van der Waals surface area contributed by atoms with Crippen LogP contribution in [0.15, 0.2) is 17.0 Å². The van der Waals surface area contributed by atoms with E-state index in [1.165, 1.54) is 6.07 Å². The quantitative estimate of drug-likeness (QED) is 0.528. The molecule has 74 valence electrons. The topological polar surface area (TPSA) is 23.8 Å². The molecule has 0 spiro atoms. The number of nitrogens with zero attached hydrogens (tertiary/aromatic N) is 1. The van der Waals surface area contributed by atoms with Crippen LogP contribution < -0.4 is 0 Å². The van der Waals surface area contributed by atoms with Crippen molar-refractivity contribution < 1.29 is 17.6 Å². The molecule has 0 radical (unpaired) electrons. The van der Waals surface area contributed by atoms with Crippen LogP contribution in [-0.4, -0.2) is 0 Å². The Hall–Kier alpha value is -1.22. The minimum atomic E-state index is -4.70. The zero-order chi connectivity index (χ0) is 10.9. The van der Waals surface area contributed by atoms with Gasteiger partial charge in [0.2, 0.25) is 0 Å². The van der Waals surface area contributed by atoms with Gasteiger partial charge < -0.3 is 0 Å². The molecule has 1 nitrogen and oxygen atoms in total. The van der Waals surface area contributed by atoms with Crippen molar-refractivity contribution in [1.82, 2.24) is 0 Å². The first kappa shape index (κ1) is 10.9. The van der Waals surface area contributed by atoms with Gasteiger partial charge in [-0.25, -0.2) is 4.39 Å². The van der Waals surface area contributed by atoms with Crippen LogP contribution in [0.1, 0.15) is 11.1 Å². The number of halogens is 4. The smallest absolute Gasteiger partial charge is 0.206 e. The third-order valence-corrected chi connectivity index (χ3v) is 1.95. The molecule has 0 bridgehead atoms. The molecule has 0 saturated heterocycles. The third-order valence-electron chi connectivity index (χ3n) is 1.50. The zero-order valence-electron chi connectivity index (χ0n) is 6.56. The zero-order valence-corrected chi connectivity index (χ0v) is 7.46. The number of hydrogen-bond donors (Lipinski definition) is 1. The van der Waals surface area contributed by atoms with Gasteiger partial charge in [0, 0.05) is 0 Å². The summed E-state index contributed by atoms with van der Waals surface area (Å²) in [5, 5.41) is 8.33. The summed E-state index contributed by atoms with van der Waals surface area (Å²) < 4.78 is 49.5. The van der Waals surface area contributed by atoms with Gasteiger partial charge in [-0.15, -0.1) is 12.6 Å². The van der Waals surface area contributed by atoms with Crippen molar-refractivity contribution in [3.05, 3.63) is 29.1 Å². The van der Waals surface area contributed by atoms with E-state index in [1.807, 2.05) is 0 Å². The van der Waals surface area contributed by atoms with Crippen molar-refractivity contribution in [2.24, 2.45) is 0 Å². The number of alkyl halides is 3. The number of nitriles is 1. The van der Waals surface area contributed by atoms with E-state index in [1.54, 1.807) is 0 Å². The lowest BCUT2D eigenvalue weighted by molar-refractivity contribution is -0.140. The molecular formula is C8H3F4NS. The molecule has 6 heteroatoms. The lowest BCUT2D eigenvalue weighted by Gasteiger charge is -2.09. The van der Waals surface area contributed by atoms with E-state index in [4.69, 9.17) is 5.26 Å². The first-order valence-corrected chi connectivity index (χ1v) is 3.81. The second kappa shape index (κ2) is 3.50. The minimum absolute atomic E-state index is 0.382. The highest BCUT2D eigenvalue weighted by Crippen LogP contribution is 2.35. The molecule has 0 aliphatic rings. The first-order valence-electron chi connectivity index (χ1n) is 3.36. The molecule has 0 unspecified atom stereocenters. The maximum absolute atomic E-state index is 12.8. The highest BCUT2D eigenvalue weighted by Gasteiger charge is 2.34. The number of rotatable bonds is 0. The Morgan fingerprint density at radius 2 is 1.86 bits per heavy atom. The molecule has 0 heterocycles. The summed E-state index contributed by atoms with van der Waals surface area (Å²) in [6.07, 6.45) is -4.70. The Labute approximate surface area is 82.4 Å². The fraction of sp³-hybridized carbons (Fsp3) is 0.125. The van der Waals surface area contributed by atoms with E-state index in [0.717, 1.165) is 0 Å². The van der Waals surface area contributed by atoms with Gasteiger partial charge in [-0.05, 0) is 12.1 Å². The van der Waals surface area contributed by atoms with Gasteiger partial charge in [0.1, 0.15) is 5.82 Å². The normalized spacial score (nSPS) is 11.1. The van der Waals surface area contributed by atoms with Gasteiger partial charge in [-0.3, -0.25) is 0 Å². The second-order valence-electron chi connectivity index (χ2n) is 2.46. The minimum Gasteiger partial charge on any atom is -0.206 e. The lowest BCUT2D eigenvalue weighted by Crippen LogP contribution is -2.08. The molecule has 0 amide bonds. The van der Waals surface area contributed by atoms with Crippen LogP contribution in [-0.2, 0) is 6.18 Å². The summed E-state index contributed by atoms with van der Waals surface area (Å²) in [6, 6.07) is 2.70. The molecule has 0 atom stereocenters. The molecular weight excluding hydrogens is 218 g/mol. The summed E-state index contributed by atoms with van der Waals surface area (Å²) in [7, 11) is 0. The SMILES string of the molecule is N#Cc1cc(F)c(S)c(C(F)(F)F)c1. The standard InChI is InChI=1S/C8H3F4NS/c9-6-2-4(3-13)1-5(7(6)14)8(10,11)12/h1-2,14H. The second-order valence-corrected chi connectivity index (χ2v) is 2.91. The molecule has 0 fully saturated rings.